The highest BCUT2D eigenvalue weighted by atomic mass is 16.3. The van der Waals surface area contributed by atoms with Crippen LogP contribution < -0.4 is 5.73 Å². The number of aliphatic hydroxyl groups is 1. The number of primary amides is 1. The van der Waals surface area contributed by atoms with Crippen molar-refractivity contribution in [3.63, 3.8) is 0 Å². The van der Waals surface area contributed by atoms with Gasteiger partial charge >= 0.3 is 0 Å². The Kier molecular flexibility index (Phi) is 3.50. The third-order valence-electron chi connectivity index (χ3n) is 8.15. The second-order valence-corrected chi connectivity index (χ2v) is 9.36. The van der Waals surface area contributed by atoms with Crippen molar-refractivity contribution in [3.05, 3.63) is 28.8 Å². The summed E-state index contributed by atoms with van der Waals surface area (Å²) in [5.41, 5.74) is 6.52. The highest BCUT2D eigenvalue weighted by Gasteiger charge is 2.64. The Labute approximate surface area is 154 Å². The van der Waals surface area contributed by atoms with Crippen molar-refractivity contribution in [2.24, 2.45) is 23.5 Å². The summed E-state index contributed by atoms with van der Waals surface area (Å²) >= 11 is 0. The molecule has 4 aliphatic carbocycles. The minimum Gasteiger partial charge on any atom is -0.507 e. The maximum absolute atomic E-state index is 12.0. The number of rotatable bonds is 3. The van der Waals surface area contributed by atoms with Crippen molar-refractivity contribution in [2.75, 3.05) is 0 Å². The van der Waals surface area contributed by atoms with E-state index in [0.29, 0.717) is 5.92 Å². The Morgan fingerprint density at radius 2 is 1.92 bits per heavy atom. The molecule has 2 bridgehead atoms. The number of hydrogen-bond acceptors (Lipinski definition) is 3. The van der Waals surface area contributed by atoms with Crippen LogP contribution >= 0.6 is 0 Å². The maximum atomic E-state index is 12.0. The average Bonchev–Trinajstić information content (AvgIpc) is 3.41. The first kappa shape index (κ1) is 16.6. The van der Waals surface area contributed by atoms with E-state index in [-0.39, 0.29) is 17.2 Å². The predicted molar refractivity (Wildman–Crippen MR) is 99.0 cm³/mol. The van der Waals surface area contributed by atoms with Gasteiger partial charge in [-0.2, -0.15) is 0 Å². The van der Waals surface area contributed by atoms with Crippen molar-refractivity contribution >= 4 is 5.91 Å². The minimum absolute atomic E-state index is 0.0365. The molecule has 4 aliphatic rings. The van der Waals surface area contributed by atoms with Crippen molar-refractivity contribution in [2.45, 2.75) is 75.2 Å². The summed E-state index contributed by atoms with van der Waals surface area (Å²) in [5.74, 6) is 1.18. The molecule has 0 radical (unpaired) electrons. The summed E-state index contributed by atoms with van der Waals surface area (Å²) < 4.78 is 0. The third kappa shape index (κ3) is 2.08. The van der Waals surface area contributed by atoms with E-state index in [1.54, 1.807) is 6.07 Å². The lowest BCUT2D eigenvalue weighted by molar-refractivity contribution is -0.167. The van der Waals surface area contributed by atoms with Gasteiger partial charge in [-0.1, -0.05) is 31.7 Å². The molecule has 4 N–H and O–H groups in total. The molecule has 4 nitrogen and oxygen atoms in total. The Balaban J connectivity index is 1.68. The van der Waals surface area contributed by atoms with Crippen LogP contribution in [0.2, 0.25) is 0 Å². The first-order chi connectivity index (χ1) is 12.5. The highest BCUT2D eigenvalue weighted by Crippen LogP contribution is 2.65. The van der Waals surface area contributed by atoms with Gasteiger partial charge in [0.05, 0.1) is 11.2 Å². The first-order valence-electron chi connectivity index (χ1n) is 10.3. The normalized spacial score (nSPS) is 38.3. The molecular formula is C22H29NO3. The van der Waals surface area contributed by atoms with Crippen LogP contribution in [-0.4, -0.2) is 21.7 Å². The Bertz CT molecular complexity index is 771. The molecule has 4 atom stereocenters. The van der Waals surface area contributed by atoms with Gasteiger partial charge in [-0.25, -0.2) is 0 Å². The molecule has 140 valence electrons. The molecule has 0 spiro atoms. The van der Waals surface area contributed by atoms with E-state index in [9.17, 15) is 15.0 Å². The lowest BCUT2D eigenvalue weighted by atomic mass is 9.43. The number of hydrogen-bond donors (Lipinski definition) is 3. The van der Waals surface area contributed by atoms with Gasteiger partial charge in [-0.3, -0.25) is 4.79 Å². The average molecular weight is 355 g/mol. The Hall–Kier alpha value is -1.55. The number of phenols is 1. The number of fused-ring (bicyclic) bond motifs is 1. The van der Waals surface area contributed by atoms with E-state index in [0.717, 1.165) is 62.0 Å². The van der Waals surface area contributed by atoms with Crippen LogP contribution in [0.1, 0.15) is 79.3 Å². The number of aromatic hydroxyl groups is 1. The van der Waals surface area contributed by atoms with Gasteiger partial charge in [0.25, 0.3) is 5.91 Å². The monoisotopic (exact) mass is 355 g/mol. The molecule has 0 aromatic heterocycles. The summed E-state index contributed by atoms with van der Waals surface area (Å²) in [5, 5.41) is 23.0. The van der Waals surface area contributed by atoms with Gasteiger partial charge < -0.3 is 15.9 Å². The second-order valence-electron chi connectivity index (χ2n) is 9.36. The fourth-order valence-corrected chi connectivity index (χ4v) is 6.82. The topological polar surface area (TPSA) is 83.6 Å². The molecule has 3 fully saturated rings. The summed E-state index contributed by atoms with van der Waals surface area (Å²) in [4.78, 5) is 11.8. The van der Waals surface area contributed by atoms with Crippen molar-refractivity contribution < 1.29 is 15.0 Å². The molecule has 5 rings (SSSR count). The SMILES string of the molecule is NC(=O)c1ccc2c(c1O)C13CCCC[C@@]1(O)[C@@H](C2)C(CC1CC1)CC3. The van der Waals surface area contributed by atoms with Crippen LogP contribution in [0, 0.1) is 17.8 Å². The minimum atomic E-state index is -0.746. The van der Waals surface area contributed by atoms with Crippen molar-refractivity contribution in [3.8, 4) is 5.75 Å². The fourth-order valence-electron chi connectivity index (χ4n) is 6.82. The fraction of sp³-hybridized carbons (Fsp3) is 0.682. The molecular weight excluding hydrogens is 326 g/mol. The molecule has 1 aromatic carbocycles. The first-order valence-corrected chi connectivity index (χ1v) is 10.3. The van der Waals surface area contributed by atoms with Crippen LogP contribution in [-0.2, 0) is 11.8 Å². The largest absolute Gasteiger partial charge is 0.507 e. The molecule has 1 amide bonds. The van der Waals surface area contributed by atoms with Gasteiger partial charge in [-0.15, -0.1) is 0 Å². The van der Waals surface area contributed by atoms with E-state index >= 15 is 0 Å². The molecule has 3 saturated carbocycles. The standard InChI is InChI=1S/C22H29NO3/c23-20(25)16-6-5-15-12-17-14(11-13-3-4-13)7-10-21(18(15)19(16)24)8-1-2-9-22(17,21)26/h5-6,13-14,17,24,26H,1-4,7-12H2,(H2,23,25)/t14?,17-,21?,22+/m0/s1. The van der Waals surface area contributed by atoms with Crippen LogP contribution in [0.3, 0.4) is 0 Å². The van der Waals surface area contributed by atoms with Crippen LogP contribution in [0.15, 0.2) is 12.1 Å². The second kappa shape index (κ2) is 5.48. The lowest BCUT2D eigenvalue weighted by Crippen LogP contribution is -2.65. The lowest BCUT2D eigenvalue weighted by Gasteiger charge is -2.63. The van der Waals surface area contributed by atoms with Gasteiger partial charge in [0.15, 0.2) is 0 Å². The number of benzene rings is 1. The highest BCUT2D eigenvalue weighted by molar-refractivity contribution is 5.96. The number of carbonyl (C=O) groups excluding carboxylic acids is 1. The summed E-state index contributed by atoms with van der Waals surface area (Å²) in [6.45, 7) is 0. The number of carbonyl (C=O) groups is 1. The van der Waals surface area contributed by atoms with Gasteiger partial charge in [0.1, 0.15) is 5.75 Å². The molecule has 0 heterocycles. The molecule has 4 heteroatoms. The van der Waals surface area contributed by atoms with E-state index < -0.39 is 16.9 Å². The summed E-state index contributed by atoms with van der Waals surface area (Å²) in [6, 6.07) is 3.66. The van der Waals surface area contributed by atoms with Crippen LogP contribution in [0.25, 0.3) is 0 Å². The Morgan fingerprint density at radius 1 is 1.15 bits per heavy atom. The molecule has 0 saturated heterocycles. The van der Waals surface area contributed by atoms with Crippen molar-refractivity contribution in [1.82, 2.24) is 0 Å². The van der Waals surface area contributed by atoms with Crippen LogP contribution in [0.4, 0.5) is 0 Å². The summed E-state index contributed by atoms with van der Waals surface area (Å²) in [7, 11) is 0. The zero-order valence-electron chi connectivity index (χ0n) is 15.3. The van der Waals surface area contributed by atoms with Crippen LogP contribution in [0.5, 0.6) is 5.75 Å². The zero-order chi connectivity index (χ0) is 18.1. The van der Waals surface area contributed by atoms with E-state index in [4.69, 9.17) is 5.73 Å². The molecule has 0 aliphatic heterocycles. The van der Waals surface area contributed by atoms with Crippen molar-refractivity contribution in [1.29, 1.82) is 0 Å². The predicted octanol–water partition coefficient (Wildman–Crippen LogP) is 3.42. The summed E-state index contributed by atoms with van der Waals surface area (Å²) in [6.07, 6.45) is 10.7. The van der Waals surface area contributed by atoms with Gasteiger partial charge in [0.2, 0.25) is 0 Å². The molecule has 26 heavy (non-hydrogen) atoms. The van der Waals surface area contributed by atoms with Gasteiger partial charge in [0, 0.05) is 11.0 Å². The third-order valence-corrected chi connectivity index (χ3v) is 8.15. The molecule has 2 unspecified atom stereocenters. The maximum Gasteiger partial charge on any atom is 0.252 e. The van der Waals surface area contributed by atoms with E-state index in [1.807, 2.05) is 6.07 Å². The number of amides is 1. The quantitative estimate of drug-likeness (QED) is 0.777. The van der Waals surface area contributed by atoms with E-state index in [1.165, 1.54) is 19.3 Å². The number of nitrogens with two attached hydrogens (primary N) is 1. The molecule has 1 aromatic rings. The smallest absolute Gasteiger partial charge is 0.252 e. The Morgan fingerprint density at radius 3 is 2.65 bits per heavy atom. The van der Waals surface area contributed by atoms with E-state index in [2.05, 4.69) is 0 Å². The zero-order valence-corrected chi connectivity index (χ0v) is 15.3. The van der Waals surface area contributed by atoms with Gasteiger partial charge in [-0.05, 0) is 67.9 Å².